The summed E-state index contributed by atoms with van der Waals surface area (Å²) in [6.07, 6.45) is 3.96. The number of nitrogens with zero attached hydrogens (tertiary/aromatic N) is 3. The van der Waals surface area contributed by atoms with Crippen LogP contribution in [0.25, 0.3) is 10.9 Å². The summed E-state index contributed by atoms with van der Waals surface area (Å²) in [5, 5.41) is 8.16. The number of nitrogens with one attached hydrogen (secondary N) is 1. The second-order valence-electron chi connectivity index (χ2n) is 6.63. The predicted molar refractivity (Wildman–Crippen MR) is 106 cm³/mol. The molecule has 0 aliphatic heterocycles. The van der Waals surface area contributed by atoms with E-state index in [1.54, 1.807) is 26.1 Å². The molecular weight excluding hydrogens is 380 g/mol. The van der Waals surface area contributed by atoms with Gasteiger partial charge in [-0.1, -0.05) is 11.6 Å². The van der Waals surface area contributed by atoms with Crippen molar-refractivity contribution in [1.82, 2.24) is 14.8 Å². The van der Waals surface area contributed by atoms with Gasteiger partial charge in [0.1, 0.15) is 11.4 Å². The minimum absolute atomic E-state index is 0.214. The van der Waals surface area contributed by atoms with Gasteiger partial charge in [0.05, 0.1) is 23.9 Å². The summed E-state index contributed by atoms with van der Waals surface area (Å²) in [5.74, 6) is -0.553. The molecule has 1 N–H and O–H groups in total. The maximum Gasteiger partial charge on any atom is 0.343 e. The summed E-state index contributed by atoms with van der Waals surface area (Å²) >= 11 is 6.18. The number of benzene rings is 1. The van der Waals surface area contributed by atoms with Gasteiger partial charge < -0.3 is 10.1 Å². The van der Waals surface area contributed by atoms with E-state index in [0.717, 1.165) is 36.0 Å². The van der Waals surface area contributed by atoms with Crippen molar-refractivity contribution in [3.63, 3.8) is 0 Å². The van der Waals surface area contributed by atoms with E-state index in [0.29, 0.717) is 21.8 Å². The number of anilines is 1. The molecule has 0 bridgehead atoms. The number of aryl methyl sites for hydroxylation is 2. The molecule has 2 heterocycles. The van der Waals surface area contributed by atoms with Crippen LogP contribution in [0.2, 0.25) is 5.02 Å². The first kappa shape index (κ1) is 18.4. The molecule has 8 heteroatoms. The lowest BCUT2D eigenvalue weighted by molar-refractivity contribution is 0.0527. The van der Waals surface area contributed by atoms with Crippen molar-refractivity contribution in [2.75, 3.05) is 11.9 Å². The van der Waals surface area contributed by atoms with Gasteiger partial charge in [-0.25, -0.2) is 4.79 Å². The summed E-state index contributed by atoms with van der Waals surface area (Å²) < 4.78 is 6.50. The Kier molecular flexibility index (Phi) is 4.77. The van der Waals surface area contributed by atoms with Crippen LogP contribution in [0.15, 0.2) is 24.4 Å². The largest absolute Gasteiger partial charge is 0.462 e. The molecule has 28 heavy (non-hydrogen) atoms. The number of fused-ring (bicyclic) bond motifs is 2. The van der Waals surface area contributed by atoms with Crippen LogP contribution in [-0.2, 0) is 24.6 Å². The third kappa shape index (κ3) is 3.11. The molecule has 4 rings (SSSR count). The van der Waals surface area contributed by atoms with E-state index in [1.807, 2.05) is 6.07 Å². The van der Waals surface area contributed by atoms with Crippen LogP contribution in [-0.4, -0.2) is 33.2 Å². The number of halogens is 1. The lowest BCUT2D eigenvalue weighted by Crippen LogP contribution is -2.19. The number of carbonyl (C=O) groups is 2. The summed E-state index contributed by atoms with van der Waals surface area (Å²) in [4.78, 5) is 30.2. The lowest BCUT2D eigenvalue weighted by atomic mass is 10.0. The number of carbonyl (C=O) groups excluding carboxylic acids is 2. The van der Waals surface area contributed by atoms with E-state index in [-0.39, 0.29) is 18.1 Å². The summed E-state index contributed by atoms with van der Waals surface area (Å²) in [6, 6.07) is 5.34. The van der Waals surface area contributed by atoms with Crippen LogP contribution in [0.5, 0.6) is 0 Å². The molecular formula is C20H19ClN4O3. The summed E-state index contributed by atoms with van der Waals surface area (Å²) in [5.41, 5.74) is 3.37. The Bertz CT molecular complexity index is 1110. The van der Waals surface area contributed by atoms with Crippen LogP contribution >= 0.6 is 11.6 Å². The second-order valence-corrected chi connectivity index (χ2v) is 7.07. The summed E-state index contributed by atoms with van der Waals surface area (Å²) in [6.45, 7) is 1.96. The Morgan fingerprint density at radius 3 is 2.93 bits per heavy atom. The number of amides is 1. The lowest BCUT2D eigenvalue weighted by Gasteiger charge is -2.14. The molecule has 1 aromatic carbocycles. The van der Waals surface area contributed by atoms with E-state index >= 15 is 0 Å². The first-order chi connectivity index (χ1) is 13.5. The van der Waals surface area contributed by atoms with Gasteiger partial charge in [-0.3, -0.25) is 14.5 Å². The van der Waals surface area contributed by atoms with Crippen LogP contribution in [0, 0.1) is 0 Å². The number of esters is 1. The smallest absolute Gasteiger partial charge is 0.343 e. The number of hydrogen-bond donors (Lipinski definition) is 1. The first-order valence-corrected chi connectivity index (χ1v) is 9.49. The highest BCUT2D eigenvalue weighted by molar-refractivity contribution is 6.31. The summed E-state index contributed by atoms with van der Waals surface area (Å²) in [7, 11) is 1.66. The zero-order valence-corrected chi connectivity index (χ0v) is 16.3. The van der Waals surface area contributed by atoms with Crippen molar-refractivity contribution in [2.24, 2.45) is 7.05 Å². The van der Waals surface area contributed by atoms with Crippen molar-refractivity contribution in [3.8, 4) is 0 Å². The van der Waals surface area contributed by atoms with Crippen LogP contribution in [0.1, 0.15) is 45.3 Å². The Morgan fingerprint density at radius 1 is 1.32 bits per heavy atom. The minimum Gasteiger partial charge on any atom is -0.462 e. The van der Waals surface area contributed by atoms with Gasteiger partial charge >= 0.3 is 5.97 Å². The molecule has 1 aliphatic rings. The van der Waals surface area contributed by atoms with Crippen LogP contribution in [0.4, 0.5) is 5.82 Å². The molecule has 7 nitrogen and oxygen atoms in total. The maximum atomic E-state index is 13.3. The zero-order valence-electron chi connectivity index (χ0n) is 15.6. The Labute approximate surface area is 166 Å². The SMILES string of the molecule is CCOC(=O)c1cnn(C)c1NC(=O)c1c2c(nc3ccc(Cl)cc13)CCC2. The highest BCUT2D eigenvalue weighted by atomic mass is 35.5. The number of hydrogen-bond acceptors (Lipinski definition) is 5. The van der Waals surface area contributed by atoms with Gasteiger partial charge in [0, 0.05) is 23.2 Å². The normalized spacial score (nSPS) is 12.8. The molecule has 0 spiro atoms. The topological polar surface area (TPSA) is 86.1 Å². The number of pyridine rings is 1. The third-order valence-electron chi connectivity index (χ3n) is 4.87. The first-order valence-electron chi connectivity index (χ1n) is 9.11. The monoisotopic (exact) mass is 398 g/mol. The Morgan fingerprint density at radius 2 is 2.14 bits per heavy atom. The average molecular weight is 399 g/mol. The minimum atomic E-state index is -0.529. The molecule has 144 valence electrons. The molecule has 1 aliphatic carbocycles. The highest BCUT2D eigenvalue weighted by Crippen LogP contribution is 2.32. The molecule has 0 saturated carbocycles. The van der Waals surface area contributed by atoms with Gasteiger partial charge in [0.15, 0.2) is 0 Å². The van der Waals surface area contributed by atoms with Crippen molar-refractivity contribution < 1.29 is 14.3 Å². The molecule has 0 fully saturated rings. The molecule has 1 amide bonds. The molecule has 0 saturated heterocycles. The standard InChI is InChI=1S/C20H19ClN4O3/c1-3-28-20(27)14-10-22-25(2)18(14)24-19(26)17-12-5-4-6-15(12)23-16-8-7-11(21)9-13(16)17/h7-10H,3-6H2,1-2H3,(H,24,26). The fourth-order valence-corrected chi connectivity index (χ4v) is 3.78. The zero-order chi connectivity index (χ0) is 19.8. The maximum absolute atomic E-state index is 13.3. The van der Waals surface area contributed by atoms with Crippen LogP contribution in [0.3, 0.4) is 0 Å². The van der Waals surface area contributed by atoms with Crippen molar-refractivity contribution >= 4 is 40.2 Å². The fraction of sp³-hybridized carbons (Fsp3) is 0.300. The molecule has 3 aromatic rings. The average Bonchev–Trinajstić information content (AvgIpc) is 3.26. The molecule has 2 aromatic heterocycles. The predicted octanol–water partition coefficient (Wildman–Crippen LogP) is 3.54. The van der Waals surface area contributed by atoms with Gasteiger partial charge in [0.2, 0.25) is 0 Å². The second kappa shape index (κ2) is 7.24. The Hall–Kier alpha value is -2.93. The van der Waals surface area contributed by atoms with Crippen molar-refractivity contribution in [1.29, 1.82) is 0 Å². The van der Waals surface area contributed by atoms with Gasteiger partial charge in [-0.05, 0) is 49.9 Å². The van der Waals surface area contributed by atoms with Gasteiger partial charge in [-0.2, -0.15) is 5.10 Å². The highest BCUT2D eigenvalue weighted by Gasteiger charge is 2.26. The number of rotatable bonds is 4. The quantitative estimate of drug-likeness (QED) is 0.679. The Balaban J connectivity index is 1.80. The van der Waals surface area contributed by atoms with Crippen molar-refractivity contribution in [2.45, 2.75) is 26.2 Å². The van der Waals surface area contributed by atoms with E-state index in [2.05, 4.69) is 10.4 Å². The fourth-order valence-electron chi connectivity index (χ4n) is 3.61. The van der Waals surface area contributed by atoms with Gasteiger partial charge in [-0.15, -0.1) is 0 Å². The molecule has 0 unspecified atom stereocenters. The van der Waals surface area contributed by atoms with E-state index in [4.69, 9.17) is 21.3 Å². The third-order valence-corrected chi connectivity index (χ3v) is 5.10. The number of aromatic nitrogens is 3. The van der Waals surface area contributed by atoms with Crippen LogP contribution < -0.4 is 5.32 Å². The van der Waals surface area contributed by atoms with Crippen molar-refractivity contribution in [3.05, 3.63) is 51.8 Å². The number of ether oxygens (including phenoxy) is 1. The van der Waals surface area contributed by atoms with E-state index < -0.39 is 5.97 Å². The molecule has 0 atom stereocenters. The van der Waals surface area contributed by atoms with E-state index in [9.17, 15) is 9.59 Å². The van der Waals surface area contributed by atoms with E-state index in [1.165, 1.54) is 10.9 Å². The van der Waals surface area contributed by atoms with Gasteiger partial charge in [0.25, 0.3) is 5.91 Å². The molecule has 0 radical (unpaired) electrons.